The third-order valence-corrected chi connectivity index (χ3v) is 3.14. The summed E-state index contributed by atoms with van der Waals surface area (Å²) in [4.78, 5) is 14.5. The highest BCUT2D eigenvalue weighted by Gasteiger charge is 2.07. The first kappa shape index (κ1) is 13.8. The van der Waals surface area contributed by atoms with Crippen molar-refractivity contribution in [1.82, 2.24) is 4.98 Å². The standard InChI is InChI=1S/C13H9BrClNO3/c14-9-1-2-10(15)12(6-9)19-7-8-3-4-16-11(5-8)13(17)18/h1-6H,7H2,(H,17,18). The van der Waals surface area contributed by atoms with Crippen molar-refractivity contribution in [2.75, 3.05) is 0 Å². The lowest BCUT2D eigenvalue weighted by Crippen LogP contribution is -2.03. The Labute approximate surface area is 123 Å². The first-order chi connectivity index (χ1) is 9.06. The number of hydrogen-bond donors (Lipinski definition) is 1. The lowest BCUT2D eigenvalue weighted by atomic mass is 10.2. The van der Waals surface area contributed by atoms with Gasteiger partial charge in [-0.2, -0.15) is 0 Å². The van der Waals surface area contributed by atoms with Crippen LogP contribution in [0.15, 0.2) is 41.0 Å². The number of ether oxygens (including phenoxy) is 1. The van der Waals surface area contributed by atoms with Crippen LogP contribution in [0.4, 0.5) is 0 Å². The molecule has 0 fully saturated rings. The highest BCUT2D eigenvalue weighted by Crippen LogP contribution is 2.28. The molecule has 0 amide bonds. The fraction of sp³-hybridized carbons (Fsp3) is 0.0769. The van der Waals surface area contributed by atoms with E-state index in [2.05, 4.69) is 20.9 Å². The number of aromatic carboxylic acids is 1. The van der Waals surface area contributed by atoms with E-state index in [4.69, 9.17) is 21.4 Å². The van der Waals surface area contributed by atoms with Crippen molar-refractivity contribution in [3.05, 3.63) is 57.3 Å². The molecule has 0 aliphatic carbocycles. The predicted octanol–water partition coefficient (Wildman–Crippen LogP) is 3.77. The Bertz CT molecular complexity index is 619. The zero-order valence-corrected chi connectivity index (χ0v) is 12.0. The van der Waals surface area contributed by atoms with E-state index in [1.54, 1.807) is 18.2 Å². The van der Waals surface area contributed by atoms with E-state index in [1.165, 1.54) is 12.3 Å². The summed E-state index contributed by atoms with van der Waals surface area (Å²) < 4.78 is 6.41. The van der Waals surface area contributed by atoms with Crippen LogP contribution in [0.5, 0.6) is 5.75 Å². The summed E-state index contributed by atoms with van der Waals surface area (Å²) in [5.41, 5.74) is 0.699. The topological polar surface area (TPSA) is 59.4 Å². The summed E-state index contributed by atoms with van der Waals surface area (Å²) >= 11 is 9.32. The molecule has 0 aliphatic heterocycles. The highest BCUT2D eigenvalue weighted by atomic mass is 79.9. The average molecular weight is 343 g/mol. The molecule has 98 valence electrons. The minimum atomic E-state index is -1.07. The van der Waals surface area contributed by atoms with E-state index in [-0.39, 0.29) is 12.3 Å². The number of hydrogen-bond acceptors (Lipinski definition) is 3. The summed E-state index contributed by atoms with van der Waals surface area (Å²) in [5, 5.41) is 9.34. The number of carbonyl (C=O) groups is 1. The van der Waals surface area contributed by atoms with Crippen molar-refractivity contribution in [2.24, 2.45) is 0 Å². The molecule has 0 saturated carbocycles. The fourth-order valence-corrected chi connectivity index (χ4v) is 1.94. The first-order valence-corrected chi connectivity index (χ1v) is 6.49. The lowest BCUT2D eigenvalue weighted by Gasteiger charge is -2.08. The predicted molar refractivity (Wildman–Crippen MR) is 74.7 cm³/mol. The summed E-state index contributed by atoms with van der Waals surface area (Å²) in [7, 11) is 0. The maximum atomic E-state index is 10.8. The van der Waals surface area contributed by atoms with Crippen LogP contribution in [0.3, 0.4) is 0 Å². The van der Waals surface area contributed by atoms with Gasteiger partial charge in [0.2, 0.25) is 0 Å². The minimum Gasteiger partial charge on any atom is -0.487 e. The molecule has 0 aliphatic rings. The van der Waals surface area contributed by atoms with Crippen molar-refractivity contribution < 1.29 is 14.6 Å². The molecule has 1 heterocycles. The molecule has 6 heteroatoms. The molecule has 1 N–H and O–H groups in total. The van der Waals surface area contributed by atoms with Crippen LogP contribution in [0.2, 0.25) is 5.02 Å². The molecule has 2 aromatic rings. The molecule has 1 aromatic carbocycles. The Balaban J connectivity index is 2.12. The van der Waals surface area contributed by atoms with Crippen LogP contribution in [0.1, 0.15) is 16.1 Å². The number of nitrogens with zero attached hydrogens (tertiary/aromatic N) is 1. The molecule has 0 atom stereocenters. The number of carboxylic acid groups (broad SMARTS) is 1. The van der Waals surface area contributed by atoms with E-state index in [0.29, 0.717) is 16.3 Å². The molecule has 0 unspecified atom stereocenters. The van der Waals surface area contributed by atoms with Gasteiger partial charge in [-0.25, -0.2) is 9.78 Å². The highest BCUT2D eigenvalue weighted by molar-refractivity contribution is 9.10. The van der Waals surface area contributed by atoms with Crippen molar-refractivity contribution in [2.45, 2.75) is 6.61 Å². The smallest absolute Gasteiger partial charge is 0.354 e. The van der Waals surface area contributed by atoms with Gasteiger partial charge in [0.05, 0.1) is 5.02 Å². The Morgan fingerprint density at radius 2 is 2.16 bits per heavy atom. The Kier molecular flexibility index (Phi) is 4.39. The third-order valence-electron chi connectivity index (χ3n) is 2.33. The van der Waals surface area contributed by atoms with Crippen molar-refractivity contribution in [3.8, 4) is 5.75 Å². The SMILES string of the molecule is O=C(O)c1cc(COc2cc(Br)ccc2Cl)ccn1. The third kappa shape index (κ3) is 3.68. The van der Waals surface area contributed by atoms with Gasteiger partial charge in [-0.15, -0.1) is 0 Å². The maximum absolute atomic E-state index is 10.8. The number of pyridine rings is 1. The van der Waals surface area contributed by atoms with Gasteiger partial charge in [0.15, 0.2) is 0 Å². The molecule has 0 radical (unpaired) electrons. The van der Waals surface area contributed by atoms with Gasteiger partial charge in [-0.3, -0.25) is 0 Å². The van der Waals surface area contributed by atoms with Gasteiger partial charge >= 0.3 is 5.97 Å². The van der Waals surface area contributed by atoms with Crippen LogP contribution in [0.25, 0.3) is 0 Å². The molecule has 1 aromatic heterocycles. The number of aromatic nitrogens is 1. The molecule has 0 saturated heterocycles. The summed E-state index contributed by atoms with van der Waals surface area (Å²) in [6, 6.07) is 8.44. The summed E-state index contributed by atoms with van der Waals surface area (Å²) in [6.07, 6.45) is 1.44. The molecule has 0 spiro atoms. The van der Waals surface area contributed by atoms with Gasteiger partial charge in [0.25, 0.3) is 0 Å². The lowest BCUT2D eigenvalue weighted by molar-refractivity contribution is 0.0690. The molecular weight excluding hydrogens is 334 g/mol. The number of halogens is 2. The van der Waals surface area contributed by atoms with Crippen LogP contribution in [0, 0.1) is 0 Å². The molecule has 19 heavy (non-hydrogen) atoms. The average Bonchev–Trinajstić information content (AvgIpc) is 2.40. The van der Waals surface area contributed by atoms with Gasteiger partial charge < -0.3 is 9.84 Å². The largest absolute Gasteiger partial charge is 0.487 e. The second-order valence-electron chi connectivity index (χ2n) is 3.72. The van der Waals surface area contributed by atoms with Crippen LogP contribution >= 0.6 is 27.5 Å². The van der Waals surface area contributed by atoms with E-state index in [1.807, 2.05) is 6.07 Å². The van der Waals surface area contributed by atoms with Gasteiger partial charge in [0.1, 0.15) is 18.1 Å². The Morgan fingerprint density at radius 3 is 2.89 bits per heavy atom. The zero-order chi connectivity index (χ0) is 13.8. The van der Waals surface area contributed by atoms with E-state index in [0.717, 1.165) is 4.47 Å². The molecule has 4 nitrogen and oxygen atoms in total. The molecule has 2 rings (SSSR count). The van der Waals surface area contributed by atoms with Crippen molar-refractivity contribution in [3.63, 3.8) is 0 Å². The first-order valence-electron chi connectivity index (χ1n) is 5.32. The van der Waals surface area contributed by atoms with Gasteiger partial charge in [-0.05, 0) is 35.9 Å². The Hall–Kier alpha value is -1.59. The minimum absolute atomic E-state index is 0.0126. The van der Waals surface area contributed by atoms with E-state index < -0.39 is 5.97 Å². The number of benzene rings is 1. The van der Waals surface area contributed by atoms with E-state index >= 15 is 0 Å². The second kappa shape index (κ2) is 6.04. The van der Waals surface area contributed by atoms with Gasteiger partial charge in [0, 0.05) is 10.7 Å². The number of rotatable bonds is 4. The normalized spacial score (nSPS) is 10.2. The second-order valence-corrected chi connectivity index (χ2v) is 5.04. The quantitative estimate of drug-likeness (QED) is 0.918. The molecule has 0 bridgehead atoms. The zero-order valence-electron chi connectivity index (χ0n) is 9.64. The fourth-order valence-electron chi connectivity index (χ4n) is 1.43. The van der Waals surface area contributed by atoms with Crippen LogP contribution in [-0.4, -0.2) is 16.1 Å². The summed E-state index contributed by atoms with van der Waals surface area (Å²) in [5.74, 6) is -0.535. The van der Waals surface area contributed by atoms with E-state index in [9.17, 15) is 4.79 Å². The van der Waals surface area contributed by atoms with Crippen molar-refractivity contribution >= 4 is 33.5 Å². The van der Waals surface area contributed by atoms with Crippen molar-refractivity contribution in [1.29, 1.82) is 0 Å². The summed E-state index contributed by atoms with van der Waals surface area (Å²) in [6.45, 7) is 0.221. The van der Waals surface area contributed by atoms with Crippen LogP contribution < -0.4 is 4.74 Å². The molecular formula is C13H9BrClNO3. The van der Waals surface area contributed by atoms with Gasteiger partial charge in [-0.1, -0.05) is 27.5 Å². The number of carboxylic acids is 1. The maximum Gasteiger partial charge on any atom is 0.354 e. The van der Waals surface area contributed by atoms with Crippen LogP contribution in [-0.2, 0) is 6.61 Å². The Morgan fingerprint density at radius 1 is 1.37 bits per heavy atom. The monoisotopic (exact) mass is 341 g/mol.